The van der Waals surface area contributed by atoms with E-state index in [2.05, 4.69) is 5.32 Å². The van der Waals surface area contributed by atoms with Gasteiger partial charge in [-0.15, -0.1) is 0 Å². The molecular formula is C14H17F2NO3. The van der Waals surface area contributed by atoms with Gasteiger partial charge in [0.25, 0.3) is 0 Å². The van der Waals surface area contributed by atoms with Crippen LogP contribution in [0.25, 0.3) is 0 Å². The third-order valence-electron chi connectivity index (χ3n) is 3.80. The topological polar surface area (TPSA) is 69.6 Å². The number of carboxylic acids is 1. The molecule has 1 aliphatic rings. The Hall–Kier alpha value is -1.69. The fourth-order valence-corrected chi connectivity index (χ4v) is 2.64. The van der Waals surface area contributed by atoms with Crippen molar-refractivity contribution in [2.24, 2.45) is 5.92 Å². The van der Waals surface area contributed by atoms with Crippen LogP contribution in [0.4, 0.5) is 14.5 Å². The molecular weight excluding hydrogens is 268 g/mol. The van der Waals surface area contributed by atoms with Gasteiger partial charge in [0.1, 0.15) is 0 Å². The zero-order valence-electron chi connectivity index (χ0n) is 10.9. The predicted octanol–water partition coefficient (Wildman–Crippen LogP) is 2.63. The number of halogens is 2. The van der Waals surface area contributed by atoms with Gasteiger partial charge in [-0.05, 0) is 25.0 Å². The maximum Gasteiger partial charge on any atom is 0.338 e. The average molecular weight is 285 g/mol. The summed E-state index contributed by atoms with van der Waals surface area (Å²) in [7, 11) is 0. The highest BCUT2D eigenvalue weighted by Gasteiger charge is 2.26. The molecule has 4 nitrogen and oxygen atoms in total. The number of rotatable bonds is 4. The SMILES string of the molecule is O=C(O)c1ccc(NC2CCCCC2CO)c(F)c1F. The summed E-state index contributed by atoms with van der Waals surface area (Å²) in [5.74, 6) is -4.05. The summed E-state index contributed by atoms with van der Waals surface area (Å²) in [4.78, 5) is 10.7. The second kappa shape index (κ2) is 6.17. The summed E-state index contributed by atoms with van der Waals surface area (Å²) in [5.41, 5.74) is -0.742. The Balaban J connectivity index is 2.21. The van der Waals surface area contributed by atoms with E-state index in [0.717, 1.165) is 31.7 Å². The first-order chi connectivity index (χ1) is 9.54. The summed E-state index contributed by atoms with van der Waals surface area (Å²) < 4.78 is 27.4. The van der Waals surface area contributed by atoms with Crippen molar-refractivity contribution in [3.05, 3.63) is 29.3 Å². The fraction of sp³-hybridized carbons (Fsp3) is 0.500. The molecule has 20 heavy (non-hydrogen) atoms. The molecule has 0 aliphatic heterocycles. The molecule has 0 amide bonds. The second-order valence-electron chi connectivity index (χ2n) is 5.07. The summed E-state index contributed by atoms with van der Waals surface area (Å²) in [6.45, 7) is -0.00498. The first kappa shape index (κ1) is 14.7. The number of hydrogen-bond donors (Lipinski definition) is 3. The lowest BCUT2D eigenvalue weighted by molar-refractivity contribution is 0.0690. The molecule has 0 spiro atoms. The molecule has 0 saturated heterocycles. The van der Waals surface area contributed by atoms with E-state index in [4.69, 9.17) is 5.11 Å². The highest BCUT2D eigenvalue weighted by Crippen LogP contribution is 2.29. The van der Waals surface area contributed by atoms with Crippen molar-refractivity contribution in [3.8, 4) is 0 Å². The standard InChI is InChI=1S/C14H17F2NO3/c15-12-9(14(19)20)5-6-11(13(12)16)17-10-4-2-1-3-8(10)7-18/h5-6,8,10,17-18H,1-4,7H2,(H,19,20). The van der Waals surface area contributed by atoms with E-state index in [0.29, 0.717) is 0 Å². The Morgan fingerprint density at radius 3 is 2.60 bits per heavy atom. The van der Waals surface area contributed by atoms with Gasteiger partial charge in [0, 0.05) is 18.6 Å². The van der Waals surface area contributed by atoms with Crippen molar-refractivity contribution in [1.29, 1.82) is 0 Å². The molecule has 0 aromatic heterocycles. The molecule has 6 heteroatoms. The normalized spacial score (nSPS) is 22.6. The molecule has 2 unspecified atom stereocenters. The zero-order chi connectivity index (χ0) is 14.7. The van der Waals surface area contributed by atoms with Crippen LogP contribution in [0.2, 0.25) is 0 Å². The van der Waals surface area contributed by atoms with Crippen LogP contribution in [0.3, 0.4) is 0 Å². The number of aliphatic hydroxyl groups excluding tert-OH is 1. The molecule has 0 radical (unpaired) electrons. The highest BCUT2D eigenvalue weighted by molar-refractivity contribution is 5.88. The number of aromatic carboxylic acids is 1. The van der Waals surface area contributed by atoms with Crippen LogP contribution in [0, 0.1) is 17.6 Å². The van der Waals surface area contributed by atoms with E-state index >= 15 is 0 Å². The van der Waals surface area contributed by atoms with Gasteiger partial charge in [-0.1, -0.05) is 12.8 Å². The Kier molecular flexibility index (Phi) is 4.54. The summed E-state index contributed by atoms with van der Waals surface area (Å²) in [6.07, 6.45) is 3.59. The summed E-state index contributed by atoms with van der Waals surface area (Å²) >= 11 is 0. The number of carbonyl (C=O) groups is 1. The second-order valence-corrected chi connectivity index (χ2v) is 5.07. The van der Waals surface area contributed by atoms with Crippen LogP contribution in [-0.4, -0.2) is 28.8 Å². The zero-order valence-corrected chi connectivity index (χ0v) is 10.9. The molecule has 1 aromatic rings. The van der Waals surface area contributed by atoms with Gasteiger partial charge >= 0.3 is 5.97 Å². The molecule has 2 rings (SSSR count). The Labute approximate surface area is 115 Å². The number of aliphatic hydroxyl groups is 1. The largest absolute Gasteiger partial charge is 0.478 e. The minimum Gasteiger partial charge on any atom is -0.478 e. The smallest absolute Gasteiger partial charge is 0.338 e. The molecule has 1 saturated carbocycles. The minimum absolute atomic E-state index is 0.00496. The quantitative estimate of drug-likeness (QED) is 0.795. The minimum atomic E-state index is -1.50. The predicted molar refractivity (Wildman–Crippen MR) is 69.8 cm³/mol. The monoisotopic (exact) mass is 285 g/mol. The van der Waals surface area contributed by atoms with Gasteiger partial charge in [-0.2, -0.15) is 0 Å². The van der Waals surface area contributed by atoms with E-state index in [1.807, 2.05) is 0 Å². The van der Waals surface area contributed by atoms with E-state index < -0.39 is 23.2 Å². The van der Waals surface area contributed by atoms with Crippen LogP contribution in [-0.2, 0) is 0 Å². The van der Waals surface area contributed by atoms with Gasteiger partial charge in [-0.25, -0.2) is 13.6 Å². The lowest BCUT2D eigenvalue weighted by Gasteiger charge is -2.31. The van der Waals surface area contributed by atoms with Gasteiger partial charge in [0.15, 0.2) is 11.6 Å². The first-order valence-corrected chi connectivity index (χ1v) is 6.63. The molecule has 110 valence electrons. The average Bonchev–Trinajstić information content (AvgIpc) is 2.44. The van der Waals surface area contributed by atoms with E-state index in [1.54, 1.807) is 0 Å². The third-order valence-corrected chi connectivity index (χ3v) is 3.80. The van der Waals surface area contributed by atoms with E-state index in [1.165, 1.54) is 6.07 Å². The lowest BCUT2D eigenvalue weighted by Crippen LogP contribution is -2.34. The fourth-order valence-electron chi connectivity index (χ4n) is 2.64. The number of carboxylic acid groups (broad SMARTS) is 1. The van der Waals surface area contributed by atoms with Gasteiger partial charge in [0.2, 0.25) is 0 Å². The van der Waals surface area contributed by atoms with Crippen molar-refractivity contribution in [2.75, 3.05) is 11.9 Å². The molecule has 2 atom stereocenters. The van der Waals surface area contributed by atoms with Crippen LogP contribution >= 0.6 is 0 Å². The molecule has 1 aromatic carbocycles. The van der Waals surface area contributed by atoms with Crippen molar-refractivity contribution in [3.63, 3.8) is 0 Å². The molecule has 1 aliphatic carbocycles. The number of benzene rings is 1. The Morgan fingerprint density at radius 2 is 1.95 bits per heavy atom. The Bertz CT molecular complexity index is 507. The lowest BCUT2D eigenvalue weighted by atomic mass is 9.85. The number of anilines is 1. The summed E-state index contributed by atoms with van der Waals surface area (Å²) in [6, 6.07) is 2.14. The van der Waals surface area contributed by atoms with Gasteiger partial charge < -0.3 is 15.5 Å². The van der Waals surface area contributed by atoms with Crippen molar-refractivity contribution >= 4 is 11.7 Å². The van der Waals surface area contributed by atoms with Crippen LogP contribution in [0.1, 0.15) is 36.0 Å². The number of hydrogen-bond acceptors (Lipinski definition) is 3. The molecule has 0 heterocycles. The summed E-state index contributed by atoms with van der Waals surface area (Å²) in [5, 5.41) is 20.9. The maximum absolute atomic E-state index is 13.8. The maximum atomic E-state index is 13.8. The molecule has 0 bridgehead atoms. The van der Waals surface area contributed by atoms with Crippen LogP contribution in [0.15, 0.2) is 12.1 Å². The van der Waals surface area contributed by atoms with Crippen molar-refractivity contribution in [1.82, 2.24) is 0 Å². The highest BCUT2D eigenvalue weighted by atomic mass is 19.2. The first-order valence-electron chi connectivity index (χ1n) is 6.63. The third kappa shape index (κ3) is 2.90. The van der Waals surface area contributed by atoms with Crippen molar-refractivity contribution < 1.29 is 23.8 Å². The van der Waals surface area contributed by atoms with Gasteiger partial charge in [0.05, 0.1) is 11.3 Å². The van der Waals surface area contributed by atoms with E-state index in [9.17, 15) is 18.7 Å². The van der Waals surface area contributed by atoms with Crippen LogP contribution < -0.4 is 5.32 Å². The number of nitrogens with one attached hydrogen (secondary N) is 1. The molecule has 1 fully saturated rings. The van der Waals surface area contributed by atoms with E-state index in [-0.39, 0.29) is 24.3 Å². The van der Waals surface area contributed by atoms with Crippen molar-refractivity contribution in [2.45, 2.75) is 31.7 Å². The van der Waals surface area contributed by atoms with Gasteiger partial charge in [-0.3, -0.25) is 0 Å². The Morgan fingerprint density at radius 1 is 1.25 bits per heavy atom. The van der Waals surface area contributed by atoms with Crippen LogP contribution in [0.5, 0.6) is 0 Å². The molecule has 3 N–H and O–H groups in total.